The van der Waals surface area contributed by atoms with E-state index in [1.54, 1.807) is 11.4 Å². The van der Waals surface area contributed by atoms with Crippen molar-refractivity contribution in [1.82, 2.24) is 0 Å². The van der Waals surface area contributed by atoms with Crippen molar-refractivity contribution in [3.05, 3.63) is 51.9 Å². The van der Waals surface area contributed by atoms with Gasteiger partial charge in [-0.1, -0.05) is 18.2 Å². The fourth-order valence-electron chi connectivity index (χ4n) is 1.93. The number of carbonyl (C=O) groups excluding carboxylic acids is 2. The number of nitrogens with zero attached hydrogens (tertiary/aromatic N) is 1. The number of nitriles is 1. The van der Waals surface area contributed by atoms with Crippen molar-refractivity contribution < 1.29 is 14.3 Å². The van der Waals surface area contributed by atoms with E-state index in [1.807, 2.05) is 38.1 Å². The van der Waals surface area contributed by atoms with Crippen molar-refractivity contribution in [3.63, 3.8) is 0 Å². The van der Waals surface area contributed by atoms with Crippen LogP contribution in [0, 0.1) is 25.2 Å². The van der Waals surface area contributed by atoms with E-state index in [0.717, 1.165) is 16.7 Å². The van der Waals surface area contributed by atoms with Crippen LogP contribution in [0.5, 0.6) is 0 Å². The summed E-state index contributed by atoms with van der Waals surface area (Å²) in [6, 6.07) is 9.34. The van der Waals surface area contributed by atoms with Gasteiger partial charge in [0.05, 0.1) is 12.0 Å². The minimum absolute atomic E-state index is 0.122. The number of hydrogen-bond donors (Lipinski definition) is 1. The van der Waals surface area contributed by atoms with Crippen molar-refractivity contribution in [3.8, 4) is 6.07 Å². The number of carbonyl (C=O) groups is 2. The number of nitrogens with one attached hydrogen (secondary N) is 1. The van der Waals surface area contributed by atoms with Crippen LogP contribution in [-0.2, 0) is 20.7 Å². The van der Waals surface area contributed by atoms with E-state index in [2.05, 4.69) is 5.32 Å². The second-order valence-electron chi connectivity index (χ2n) is 5.08. The molecule has 0 fully saturated rings. The zero-order valence-electron chi connectivity index (χ0n) is 12.9. The molecule has 1 amide bonds. The summed E-state index contributed by atoms with van der Waals surface area (Å²) in [7, 11) is 0. The van der Waals surface area contributed by atoms with Gasteiger partial charge in [0.15, 0.2) is 6.61 Å². The quantitative estimate of drug-likeness (QED) is 0.856. The van der Waals surface area contributed by atoms with Crippen LogP contribution in [0.25, 0.3) is 0 Å². The molecule has 0 bridgehead atoms. The summed E-state index contributed by atoms with van der Waals surface area (Å²) in [5, 5.41) is 13.6. The lowest BCUT2D eigenvalue weighted by Gasteiger charge is -2.07. The summed E-state index contributed by atoms with van der Waals surface area (Å²) >= 11 is 1.25. The molecule has 1 heterocycles. The topological polar surface area (TPSA) is 79.2 Å². The Hall–Kier alpha value is -2.65. The van der Waals surface area contributed by atoms with Crippen molar-refractivity contribution in [2.24, 2.45) is 0 Å². The zero-order chi connectivity index (χ0) is 16.8. The maximum atomic E-state index is 11.8. The molecule has 6 heteroatoms. The highest BCUT2D eigenvalue weighted by Crippen LogP contribution is 2.21. The molecular weight excluding hydrogens is 312 g/mol. The zero-order valence-corrected chi connectivity index (χ0v) is 13.7. The van der Waals surface area contributed by atoms with E-state index in [9.17, 15) is 9.59 Å². The lowest BCUT2D eigenvalue weighted by atomic mass is 10.0. The molecule has 0 spiro atoms. The molecule has 0 aliphatic heterocycles. The molecule has 1 aromatic heterocycles. The highest BCUT2D eigenvalue weighted by molar-refractivity contribution is 7.14. The Morgan fingerprint density at radius 1 is 1.26 bits per heavy atom. The van der Waals surface area contributed by atoms with Crippen LogP contribution in [-0.4, -0.2) is 18.5 Å². The first-order chi connectivity index (χ1) is 11.0. The first kappa shape index (κ1) is 16.7. The fourth-order valence-corrected chi connectivity index (χ4v) is 2.69. The van der Waals surface area contributed by atoms with Gasteiger partial charge < -0.3 is 10.1 Å². The average Bonchev–Trinajstić information content (AvgIpc) is 2.96. The molecule has 0 unspecified atom stereocenters. The van der Waals surface area contributed by atoms with Crippen molar-refractivity contribution in [2.45, 2.75) is 20.3 Å². The predicted molar refractivity (Wildman–Crippen MR) is 88.2 cm³/mol. The Balaban J connectivity index is 1.83. The molecule has 0 atom stereocenters. The van der Waals surface area contributed by atoms with E-state index in [-0.39, 0.29) is 13.0 Å². The second kappa shape index (κ2) is 7.56. The Bertz CT molecular complexity index is 774. The molecule has 0 saturated heterocycles. The van der Waals surface area contributed by atoms with E-state index < -0.39 is 11.9 Å². The van der Waals surface area contributed by atoms with Crippen LogP contribution in [0.3, 0.4) is 0 Å². The van der Waals surface area contributed by atoms with Gasteiger partial charge in [-0.15, -0.1) is 11.3 Å². The smallest absolute Gasteiger partial charge is 0.310 e. The summed E-state index contributed by atoms with van der Waals surface area (Å²) in [6.07, 6.45) is 0.122. The number of benzene rings is 1. The third-order valence-corrected chi connectivity index (χ3v) is 4.15. The normalized spacial score (nSPS) is 9.96. The van der Waals surface area contributed by atoms with Crippen molar-refractivity contribution in [2.75, 3.05) is 11.9 Å². The fraction of sp³-hybridized carbons (Fsp3) is 0.235. The third-order valence-electron chi connectivity index (χ3n) is 3.32. The molecule has 1 aromatic carbocycles. The minimum atomic E-state index is -0.463. The molecule has 2 aromatic rings. The molecule has 0 aliphatic rings. The second-order valence-corrected chi connectivity index (χ2v) is 6.00. The Kier molecular flexibility index (Phi) is 5.50. The number of ether oxygens (including phenoxy) is 1. The molecule has 0 saturated carbocycles. The van der Waals surface area contributed by atoms with Gasteiger partial charge in [-0.3, -0.25) is 9.59 Å². The summed E-state index contributed by atoms with van der Waals surface area (Å²) in [6.45, 7) is 3.61. The van der Waals surface area contributed by atoms with Gasteiger partial charge >= 0.3 is 5.97 Å². The first-order valence-corrected chi connectivity index (χ1v) is 7.86. The number of aryl methyl sites for hydroxylation is 2. The van der Waals surface area contributed by atoms with Gasteiger partial charge in [0, 0.05) is 0 Å². The minimum Gasteiger partial charge on any atom is -0.455 e. The van der Waals surface area contributed by atoms with Crippen LogP contribution in [0.1, 0.15) is 22.3 Å². The number of rotatable bonds is 5. The van der Waals surface area contributed by atoms with Crippen LogP contribution < -0.4 is 5.32 Å². The lowest BCUT2D eigenvalue weighted by Crippen LogP contribution is -2.21. The van der Waals surface area contributed by atoms with Gasteiger partial charge in [-0.05, 0) is 42.0 Å². The number of thiophene rings is 1. The summed E-state index contributed by atoms with van der Waals surface area (Å²) in [5.41, 5.74) is 3.51. The van der Waals surface area contributed by atoms with Crippen LogP contribution >= 0.6 is 11.3 Å². The monoisotopic (exact) mass is 328 g/mol. The SMILES string of the molecule is Cc1ccc(CC(=O)OCC(=O)Nc2sccc2C#N)cc1C. The lowest BCUT2D eigenvalue weighted by molar-refractivity contribution is -0.146. The van der Waals surface area contributed by atoms with Crippen molar-refractivity contribution >= 4 is 28.2 Å². The van der Waals surface area contributed by atoms with E-state index in [0.29, 0.717) is 10.6 Å². The largest absolute Gasteiger partial charge is 0.455 e. The van der Waals surface area contributed by atoms with Crippen molar-refractivity contribution in [1.29, 1.82) is 5.26 Å². The first-order valence-electron chi connectivity index (χ1n) is 6.99. The van der Waals surface area contributed by atoms with Gasteiger partial charge in [-0.25, -0.2) is 0 Å². The van der Waals surface area contributed by atoms with Gasteiger partial charge in [0.25, 0.3) is 5.91 Å². The molecule has 0 aliphatic carbocycles. The number of amides is 1. The number of esters is 1. The maximum Gasteiger partial charge on any atom is 0.310 e. The van der Waals surface area contributed by atoms with Gasteiger partial charge in [-0.2, -0.15) is 5.26 Å². The molecule has 118 valence electrons. The highest BCUT2D eigenvalue weighted by Gasteiger charge is 2.11. The summed E-state index contributed by atoms with van der Waals surface area (Å²) < 4.78 is 4.97. The summed E-state index contributed by atoms with van der Waals surface area (Å²) in [4.78, 5) is 23.5. The molecule has 2 rings (SSSR count). The Morgan fingerprint density at radius 3 is 2.74 bits per heavy atom. The summed E-state index contributed by atoms with van der Waals surface area (Å²) in [5.74, 6) is -0.924. The van der Waals surface area contributed by atoms with Crippen LogP contribution in [0.4, 0.5) is 5.00 Å². The van der Waals surface area contributed by atoms with E-state index in [4.69, 9.17) is 10.00 Å². The number of hydrogen-bond acceptors (Lipinski definition) is 5. The van der Waals surface area contributed by atoms with E-state index in [1.165, 1.54) is 11.3 Å². The van der Waals surface area contributed by atoms with Crippen LogP contribution in [0.2, 0.25) is 0 Å². The maximum absolute atomic E-state index is 11.8. The molecule has 0 radical (unpaired) electrons. The molecular formula is C17H16N2O3S. The third kappa shape index (κ3) is 4.66. The highest BCUT2D eigenvalue weighted by atomic mass is 32.1. The molecule has 5 nitrogen and oxygen atoms in total. The average molecular weight is 328 g/mol. The molecule has 23 heavy (non-hydrogen) atoms. The standard InChI is InChI=1S/C17H16N2O3S/c1-11-3-4-13(7-12(11)2)8-16(21)22-10-15(20)19-17-14(9-18)5-6-23-17/h3-7H,8,10H2,1-2H3,(H,19,20). The van der Waals surface area contributed by atoms with E-state index >= 15 is 0 Å². The van der Waals surface area contributed by atoms with Gasteiger partial charge in [0.2, 0.25) is 0 Å². The predicted octanol–water partition coefficient (Wildman–Crippen LogP) is 2.96. The Morgan fingerprint density at radius 2 is 2.04 bits per heavy atom. The molecule has 1 N–H and O–H groups in total. The van der Waals surface area contributed by atoms with Gasteiger partial charge in [0.1, 0.15) is 11.1 Å². The Labute approximate surface area is 138 Å². The van der Waals surface area contributed by atoms with Crippen LogP contribution in [0.15, 0.2) is 29.6 Å². The number of anilines is 1.